The minimum absolute atomic E-state index is 0.120. The molecule has 80 valence electrons. The van der Waals surface area contributed by atoms with Crippen molar-refractivity contribution < 1.29 is 4.79 Å². The van der Waals surface area contributed by atoms with Gasteiger partial charge in [-0.05, 0) is 31.7 Å². The predicted molar refractivity (Wildman–Crippen MR) is 56.7 cm³/mol. The SMILES string of the molecule is CC(NC(=O)c1ccc(=O)[nH]c1)C1CC1. The lowest BCUT2D eigenvalue weighted by Gasteiger charge is -2.12. The molecule has 1 aromatic rings. The summed E-state index contributed by atoms with van der Waals surface area (Å²) in [5, 5.41) is 2.92. The molecule has 0 spiro atoms. The Labute approximate surface area is 87.7 Å². The second-order valence-corrected chi connectivity index (χ2v) is 4.04. The number of hydrogen-bond acceptors (Lipinski definition) is 2. The molecule has 1 aliphatic carbocycles. The van der Waals surface area contributed by atoms with Gasteiger partial charge in [0.15, 0.2) is 0 Å². The van der Waals surface area contributed by atoms with Gasteiger partial charge in [-0.1, -0.05) is 0 Å². The molecule has 0 saturated heterocycles. The largest absolute Gasteiger partial charge is 0.349 e. The number of aromatic amines is 1. The van der Waals surface area contributed by atoms with Crippen molar-refractivity contribution in [2.45, 2.75) is 25.8 Å². The number of rotatable bonds is 3. The van der Waals surface area contributed by atoms with Gasteiger partial charge >= 0.3 is 0 Å². The highest BCUT2D eigenvalue weighted by molar-refractivity contribution is 5.94. The van der Waals surface area contributed by atoms with Gasteiger partial charge in [0.05, 0.1) is 5.56 Å². The van der Waals surface area contributed by atoms with Crippen LogP contribution in [0.1, 0.15) is 30.1 Å². The Kier molecular flexibility index (Phi) is 2.58. The first-order valence-corrected chi connectivity index (χ1v) is 5.16. The molecule has 4 heteroatoms. The smallest absolute Gasteiger partial charge is 0.252 e. The van der Waals surface area contributed by atoms with Crippen molar-refractivity contribution in [1.82, 2.24) is 10.3 Å². The Morgan fingerprint density at radius 2 is 2.27 bits per heavy atom. The van der Waals surface area contributed by atoms with Crippen LogP contribution in [0, 0.1) is 5.92 Å². The molecule has 1 unspecified atom stereocenters. The maximum Gasteiger partial charge on any atom is 0.252 e. The van der Waals surface area contributed by atoms with E-state index < -0.39 is 0 Å². The third kappa shape index (κ3) is 2.46. The van der Waals surface area contributed by atoms with Crippen molar-refractivity contribution in [2.24, 2.45) is 5.92 Å². The highest BCUT2D eigenvalue weighted by Gasteiger charge is 2.28. The second kappa shape index (κ2) is 3.88. The molecule has 1 amide bonds. The van der Waals surface area contributed by atoms with Crippen LogP contribution in [-0.4, -0.2) is 16.9 Å². The van der Waals surface area contributed by atoms with Crippen molar-refractivity contribution in [1.29, 1.82) is 0 Å². The molecule has 1 fully saturated rings. The Morgan fingerprint density at radius 1 is 1.53 bits per heavy atom. The van der Waals surface area contributed by atoms with Crippen molar-refractivity contribution in [2.75, 3.05) is 0 Å². The molecule has 0 bridgehead atoms. The third-order valence-electron chi connectivity index (χ3n) is 2.73. The molecule has 2 rings (SSSR count). The third-order valence-corrected chi connectivity index (χ3v) is 2.73. The van der Waals surface area contributed by atoms with Crippen LogP contribution in [0.4, 0.5) is 0 Å². The van der Waals surface area contributed by atoms with E-state index in [1.165, 1.54) is 31.2 Å². The van der Waals surface area contributed by atoms with Crippen molar-refractivity contribution >= 4 is 5.91 Å². The normalized spacial score (nSPS) is 17.1. The van der Waals surface area contributed by atoms with Crippen LogP contribution >= 0.6 is 0 Å². The van der Waals surface area contributed by atoms with Gasteiger partial charge in [-0.15, -0.1) is 0 Å². The quantitative estimate of drug-likeness (QED) is 0.772. The van der Waals surface area contributed by atoms with Crippen molar-refractivity contribution in [3.05, 3.63) is 34.2 Å². The number of aromatic nitrogens is 1. The van der Waals surface area contributed by atoms with E-state index in [2.05, 4.69) is 10.3 Å². The summed E-state index contributed by atoms with van der Waals surface area (Å²) in [6.07, 6.45) is 3.84. The van der Waals surface area contributed by atoms with Gasteiger partial charge in [0.25, 0.3) is 5.91 Å². The van der Waals surface area contributed by atoms with E-state index in [1.807, 2.05) is 6.92 Å². The van der Waals surface area contributed by atoms with Gasteiger partial charge in [-0.25, -0.2) is 0 Å². The molecule has 1 saturated carbocycles. The second-order valence-electron chi connectivity index (χ2n) is 4.04. The van der Waals surface area contributed by atoms with E-state index in [9.17, 15) is 9.59 Å². The molecule has 1 atom stereocenters. The zero-order valence-electron chi connectivity index (χ0n) is 8.62. The molecule has 1 aromatic heterocycles. The molecule has 0 radical (unpaired) electrons. The minimum Gasteiger partial charge on any atom is -0.349 e. The summed E-state index contributed by atoms with van der Waals surface area (Å²) in [7, 11) is 0. The Balaban J connectivity index is 2.00. The fourth-order valence-corrected chi connectivity index (χ4v) is 1.56. The van der Waals surface area contributed by atoms with Crippen molar-refractivity contribution in [3.63, 3.8) is 0 Å². The zero-order valence-corrected chi connectivity index (χ0v) is 8.62. The fourth-order valence-electron chi connectivity index (χ4n) is 1.56. The number of amides is 1. The number of pyridine rings is 1. The number of carbonyl (C=O) groups excluding carboxylic acids is 1. The first kappa shape index (κ1) is 9.96. The number of nitrogens with one attached hydrogen (secondary N) is 2. The Bertz CT molecular complexity index is 400. The van der Waals surface area contributed by atoms with Crippen LogP contribution < -0.4 is 10.9 Å². The van der Waals surface area contributed by atoms with E-state index >= 15 is 0 Å². The fraction of sp³-hybridized carbons (Fsp3) is 0.455. The minimum atomic E-state index is -0.193. The van der Waals surface area contributed by atoms with Gasteiger partial charge in [0.2, 0.25) is 5.56 Å². The van der Waals surface area contributed by atoms with Gasteiger partial charge in [0.1, 0.15) is 0 Å². The van der Waals surface area contributed by atoms with Crippen LogP contribution in [0.3, 0.4) is 0 Å². The average molecular weight is 206 g/mol. The van der Waals surface area contributed by atoms with Gasteiger partial charge in [0, 0.05) is 18.3 Å². The molecular weight excluding hydrogens is 192 g/mol. The van der Waals surface area contributed by atoms with E-state index in [4.69, 9.17) is 0 Å². The summed E-state index contributed by atoms with van der Waals surface area (Å²) in [4.78, 5) is 24.9. The van der Waals surface area contributed by atoms with Crippen LogP contribution in [-0.2, 0) is 0 Å². The molecule has 2 N–H and O–H groups in total. The van der Waals surface area contributed by atoms with Crippen molar-refractivity contribution in [3.8, 4) is 0 Å². The highest BCUT2D eigenvalue weighted by Crippen LogP contribution is 2.32. The van der Waals surface area contributed by atoms with Gasteiger partial charge < -0.3 is 10.3 Å². The number of hydrogen-bond donors (Lipinski definition) is 2. The summed E-state index contributed by atoms with van der Waals surface area (Å²) in [5.74, 6) is 0.516. The number of carbonyl (C=O) groups is 1. The molecule has 0 aliphatic heterocycles. The maximum atomic E-state index is 11.7. The lowest BCUT2D eigenvalue weighted by Crippen LogP contribution is -2.34. The molecule has 1 aliphatic rings. The van der Waals surface area contributed by atoms with E-state index in [0.717, 1.165) is 0 Å². The monoisotopic (exact) mass is 206 g/mol. The Morgan fingerprint density at radius 3 is 2.80 bits per heavy atom. The van der Waals surface area contributed by atoms with E-state index in [0.29, 0.717) is 11.5 Å². The predicted octanol–water partition coefficient (Wildman–Crippen LogP) is 0.903. The van der Waals surface area contributed by atoms with Gasteiger partial charge in [-0.3, -0.25) is 9.59 Å². The zero-order chi connectivity index (χ0) is 10.8. The molecule has 4 nitrogen and oxygen atoms in total. The van der Waals surface area contributed by atoms with Crippen LogP contribution in [0.15, 0.2) is 23.1 Å². The highest BCUT2D eigenvalue weighted by atomic mass is 16.2. The standard InChI is InChI=1S/C11H14N2O2/c1-7(8-2-3-8)13-11(15)9-4-5-10(14)12-6-9/h4-8H,2-3H2,1H3,(H,12,14)(H,13,15). The van der Waals surface area contributed by atoms with E-state index in [1.54, 1.807) is 0 Å². The lowest BCUT2D eigenvalue weighted by molar-refractivity contribution is 0.0935. The lowest BCUT2D eigenvalue weighted by atomic mass is 10.2. The first-order chi connectivity index (χ1) is 7.16. The Hall–Kier alpha value is -1.58. The molecular formula is C11H14N2O2. The number of H-pyrrole nitrogens is 1. The van der Waals surface area contributed by atoms with Gasteiger partial charge in [-0.2, -0.15) is 0 Å². The summed E-state index contributed by atoms with van der Waals surface area (Å²) in [6.45, 7) is 2.02. The van der Waals surface area contributed by atoms with Crippen LogP contribution in [0.2, 0.25) is 0 Å². The van der Waals surface area contributed by atoms with E-state index in [-0.39, 0.29) is 17.5 Å². The summed E-state index contributed by atoms with van der Waals surface area (Å²) in [5.41, 5.74) is 0.309. The average Bonchev–Trinajstić information content (AvgIpc) is 3.01. The molecule has 1 heterocycles. The first-order valence-electron chi connectivity index (χ1n) is 5.16. The van der Waals surface area contributed by atoms with Crippen LogP contribution in [0.25, 0.3) is 0 Å². The summed E-state index contributed by atoms with van der Waals surface area (Å²) in [6, 6.07) is 3.12. The molecule has 0 aromatic carbocycles. The summed E-state index contributed by atoms with van der Waals surface area (Å²) < 4.78 is 0. The van der Waals surface area contributed by atoms with Crippen LogP contribution in [0.5, 0.6) is 0 Å². The summed E-state index contributed by atoms with van der Waals surface area (Å²) >= 11 is 0. The topological polar surface area (TPSA) is 62.0 Å². The maximum absolute atomic E-state index is 11.7. The molecule has 15 heavy (non-hydrogen) atoms.